The number of sulfonamides is 1. The normalized spacial score (nSPS) is 23.6. The smallest absolute Gasteiger partial charge is 0.272 e. The van der Waals surface area contributed by atoms with E-state index in [0.29, 0.717) is 36.7 Å². The summed E-state index contributed by atoms with van der Waals surface area (Å²) in [6, 6.07) is 11.4. The van der Waals surface area contributed by atoms with Crippen LogP contribution in [0, 0.1) is 12.8 Å². The number of aromatic nitrogens is 2. The molecular formula is C31H46N6O3S. The van der Waals surface area contributed by atoms with Crippen LogP contribution in [0.15, 0.2) is 36.7 Å². The van der Waals surface area contributed by atoms with Crippen LogP contribution >= 0.6 is 0 Å². The molecule has 1 amide bonds. The lowest BCUT2D eigenvalue weighted by Crippen LogP contribution is -2.52. The Hall–Kier alpha value is -2.56. The Morgan fingerprint density at radius 2 is 1.71 bits per heavy atom. The zero-order chi connectivity index (χ0) is 29.0. The second kappa shape index (κ2) is 13.2. The Bertz CT molecular complexity index is 1270. The molecule has 1 aromatic heterocycles. The summed E-state index contributed by atoms with van der Waals surface area (Å²) in [7, 11) is -1.47. The predicted molar refractivity (Wildman–Crippen MR) is 163 cm³/mol. The molecule has 0 spiro atoms. The lowest BCUT2D eigenvalue weighted by molar-refractivity contribution is 0.0542. The zero-order valence-electron chi connectivity index (χ0n) is 24.8. The molecule has 2 saturated heterocycles. The molecule has 3 heterocycles. The first kappa shape index (κ1) is 29.9. The van der Waals surface area contributed by atoms with Crippen LogP contribution < -0.4 is 5.32 Å². The highest BCUT2D eigenvalue weighted by Gasteiger charge is 2.33. The van der Waals surface area contributed by atoms with Gasteiger partial charge < -0.3 is 15.1 Å². The van der Waals surface area contributed by atoms with Crippen molar-refractivity contribution in [1.82, 2.24) is 24.1 Å². The Morgan fingerprint density at radius 3 is 2.39 bits per heavy atom. The monoisotopic (exact) mass is 582 g/mol. The van der Waals surface area contributed by atoms with E-state index in [1.165, 1.54) is 48.1 Å². The van der Waals surface area contributed by atoms with Crippen LogP contribution in [-0.4, -0.2) is 96.5 Å². The second-order valence-electron chi connectivity index (χ2n) is 12.3. The molecule has 5 rings (SSSR count). The zero-order valence-corrected chi connectivity index (χ0v) is 25.7. The molecule has 224 valence electrons. The number of piperidine rings is 2. The number of likely N-dealkylation sites (tertiary alicyclic amines) is 2. The van der Waals surface area contributed by atoms with Gasteiger partial charge in [0.2, 0.25) is 10.0 Å². The van der Waals surface area contributed by atoms with Crippen LogP contribution in [0.25, 0.3) is 0 Å². The lowest BCUT2D eigenvalue weighted by atomic mass is 9.78. The van der Waals surface area contributed by atoms with Crippen molar-refractivity contribution < 1.29 is 13.2 Å². The van der Waals surface area contributed by atoms with Gasteiger partial charge in [-0.15, -0.1) is 0 Å². The van der Waals surface area contributed by atoms with Crippen LogP contribution in [0.1, 0.15) is 78.9 Å². The fourth-order valence-corrected chi connectivity index (χ4v) is 7.81. The van der Waals surface area contributed by atoms with E-state index in [2.05, 4.69) is 50.5 Å². The summed E-state index contributed by atoms with van der Waals surface area (Å²) in [5, 5.41) is 3.55. The van der Waals surface area contributed by atoms with Crippen molar-refractivity contribution >= 4 is 21.7 Å². The minimum absolute atomic E-state index is 0.0123. The Kier molecular flexibility index (Phi) is 9.61. The minimum atomic E-state index is -3.16. The molecule has 3 fully saturated rings. The second-order valence-corrected chi connectivity index (χ2v) is 14.3. The van der Waals surface area contributed by atoms with Crippen LogP contribution in [-0.2, 0) is 10.0 Å². The fraction of sp³-hybridized carbons (Fsp3) is 0.645. The molecular weight excluding hydrogens is 536 g/mol. The molecule has 3 aliphatic rings. The number of nitrogens with one attached hydrogen (secondary N) is 1. The van der Waals surface area contributed by atoms with Gasteiger partial charge in [-0.05, 0) is 82.4 Å². The third kappa shape index (κ3) is 7.27. The summed E-state index contributed by atoms with van der Waals surface area (Å²) in [6.45, 7) is 6.03. The number of carbonyl (C=O) groups is 1. The number of benzene rings is 1. The summed E-state index contributed by atoms with van der Waals surface area (Å²) in [5.74, 6) is 1.95. The predicted octanol–water partition coefficient (Wildman–Crippen LogP) is 4.13. The first-order chi connectivity index (χ1) is 19.7. The van der Waals surface area contributed by atoms with Crippen molar-refractivity contribution in [2.24, 2.45) is 5.92 Å². The molecule has 2 aromatic rings. The van der Waals surface area contributed by atoms with Gasteiger partial charge in [0.15, 0.2) is 0 Å². The quantitative estimate of drug-likeness (QED) is 0.500. The molecule has 0 unspecified atom stereocenters. The van der Waals surface area contributed by atoms with Crippen molar-refractivity contribution in [2.75, 3.05) is 51.3 Å². The van der Waals surface area contributed by atoms with E-state index in [0.717, 1.165) is 56.7 Å². The van der Waals surface area contributed by atoms with Crippen LogP contribution in [0.5, 0.6) is 0 Å². The Morgan fingerprint density at radius 1 is 1.00 bits per heavy atom. The van der Waals surface area contributed by atoms with Gasteiger partial charge in [-0.2, -0.15) is 0 Å². The first-order valence-electron chi connectivity index (χ1n) is 15.3. The van der Waals surface area contributed by atoms with Crippen molar-refractivity contribution in [2.45, 2.75) is 76.3 Å². The SMILES string of the molecule is Cc1c(NC[C@H]2CCC[C@@H](c3ccccc3)C2)ncnc1C(=O)N1CCC(N2CCC(N(C)S(C)(=O)=O)CC2)CC1. The van der Waals surface area contributed by atoms with E-state index in [1.54, 1.807) is 7.05 Å². The number of hydrogen-bond donors (Lipinski definition) is 1. The molecule has 9 nitrogen and oxygen atoms in total. The maximum Gasteiger partial charge on any atom is 0.272 e. The van der Waals surface area contributed by atoms with E-state index in [9.17, 15) is 13.2 Å². The largest absolute Gasteiger partial charge is 0.369 e. The number of hydrogen-bond acceptors (Lipinski definition) is 7. The van der Waals surface area contributed by atoms with E-state index in [-0.39, 0.29) is 11.9 Å². The molecule has 0 radical (unpaired) electrons. The maximum atomic E-state index is 13.5. The highest BCUT2D eigenvalue weighted by molar-refractivity contribution is 7.88. The molecule has 41 heavy (non-hydrogen) atoms. The summed E-state index contributed by atoms with van der Waals surface area (Å²) in [5.41, 5.74) is 2.76. The summed E-state index contributed by atoms with van der Waals surface area (Å²) in [4.78, 5) is 26.8. The van der Waals surface area contributed by atoms with Crippen molar-refractivity contribution in [3.05, 3.63) is 53.5 Å². The van der Waals surface area contributed by atoms with Gasteiger partial charge in [0.1, 0.15) is 17.8 Å². The van der Waals surface area contributed by atoms with Crippen LogP contribution in [0.4, 0.5) is 5.82 Å². The molecule has 2 atom stereocenters. The van der Waals surface area contributed by atoms with Crippen molar-refractivity contribution in [1.29, 1.82) is 0 Å². The van der Waals surface area contributed by atoms with Gasteiger partial charge in [-0.3, -0.25) is 4.79 Å². The maximum absolute atomic E-state index is 13.5. The Balaban J connectivity index is 1.11. The summed E-state index contributed by atoms with van der Waals surface area (Å²) >= 11 is 0. The molecule has 1 aliphatic carbocycles. The highest BCUT2D eigenvalue weighted by atomic mass is 32.2. The number of anilines is 1. The third-order valence-electron chi connectivity index (χ3n) is 9.70. The van der Waals surface area contributed by atoms with Crippen LogP contribution in [0.3, 0.4) is 0 Å². The number of amides is 1. The minimum Gasteiger partial charge on any atom is -0.369 e. The molecule has 0 bridgehead atoms. The van der Waals surface area contributed by atoms with Crippen molar-refractivity contribution in [3.8, 4) is 0 Å². The third-order valence-corrected chi connectivity index (χ3v) is 11.0. The van der Waals surface area contributed by atoms with Gasteiger partial charge >= 0.3 is 0 Å². The van der Waals surface area contributed by atoms with E-state index in [4.69, 9.17) is 0 Å². The topological polar surface area (TPSA) is 98.7 Å². The van der Waals surface area contributed by atoms with Crippen LogP contribution in [0.2, 0.25) is 0 Å². The number of rotatable bonds is 8. The van der Waals surface area contributed by atoms with E-state index >= 15 is 0 Å². The van der Waals surface area contributed by atoms with Gasteiger partial charge in [0, 0.05) is 44.3 Å². The molecule has 1 saturated carbocycles. The van der Waals surface area contributed by atoms with Gasteiger partial charge in [0.25, 0.3) is 5.91 Å². The van der Waals surface area contributed by atoms with E-state index < -0.39 is 10.0 Å². The van der Waals surface area contributed by atoms with Crippen molar-refractivity contribution in [3.63, 3.8) is 0 Å². The molecule has 1 aromatic carbocycles. The highest BCUT2D eigenvalue weighted by Crippen LogP contribution is 2.36. The molecule has 1 N–H and O–H groups in total. The first-order valence-corrected chi connectivity index (χ1v) is 17.1. The number of nitrogens with zero attached hydrogens (tertiary/aromatic N) is 5. The summed E-state index contributed by atoms with van der Waals surface area (Å²) in [6.07, 6.45) is 11.2. The molecule has 10 heteroatoms. The number of carbonyl (C=O) groups excluding carboxylic acids is 1. The summed E-state index contributed by atoms with van der Waals surface area (Å²) < 4.78 is 25.3. The Labute approximate surface area is 245 Å². The lowest BCUT2D eigenvalue weighted by Gasteiger charge is -2.43. The molecule has 2 aliphatic heterocycles. The van der Waals surface area contributed by atoms with Gasteiger partial charge in [-0.1, -0.05) is 36.8 Å². The van der Waals surface area contributed by atoms with Gasteiger partial charge in [-0.25, -0.2) is 22.7 Å². The fourth-order valence-electron chi connectivity index (χ4n) is 7.06. The standard InChI is InChI=1S/C31H46N6O3S/c1-23-29(33-22-34-30(23)32-21-24-8-7-11-26(20-24)25-9-5-4-6-10-25)31(38)37-18-14-28(15-19-37)36-16-12-27(13-17-36)35(2)41(3,39)40/h4-6,9-10,22,24,26-28H,7-8,11-21H2,1-3H3,(H,32,33,34)/t24-,26+/m0/s1. The average molecular weight is 583 g/mol. The van der Waals surface area contributed by atoms with Gasteiger partial charge in [0.05, 0.1) is 6.26 Å². The average Bonchev–Trinajstić information content (AvgIpc) is 3.00. The van der Waals surface area contributed by atoms with E-state index in [1.807, 2.05) is 11.8 Å².